The van der Waals surface area contributed by atoms with Gasteiger partial charge in [-0.05, 0) is 19.8 Å². The summed E-state index contributed by atoms with van der Waals surface area (Å²) in [7, 11) is 0. The van der Waals surface area contributed by atoms with Crippen LogP contribution in [-0.2, 0) is 9.53 Å². The van der Waals surface area contributed by atoms with Gasteiger partial charge in [-0.25, -0.2) is 4.79 Å². The SMILES string of the molecule is CCOC(=O)N1CCN(CC(=O)C2CCCC2)CC1. The highest BCUT2D eigenvalue weighted by Gasteiger charge is 2.27. The van der Waals surface area contributed by atoms with Gasteiger partial charge in [-0.2, -0.15) is 0 Å². The van der Waals surface area contributed by atoms with E-state index in [-0.39, 0.29) is 6.09 Å². The third-order valence-electron chi connectivity index (χ3n) is 4.09. The molecule has 0 bridgehead atoms. The number of ether oxygens (including phenoxy) is 1. The van der Waals surface area contributed by atoms with Gasteiger partial charge in [-0.15, -0.1) is 0 Å². The van der Waals surface area contributed by atoms with Crippen molar-refractivity contribution >= 4 is 11.9 Å². The van der Waals surface area contributed by atoms with Gasteiger partial charge in [-0.3, -0.25) is 9.69 Å². The second kappa shape index (κ2) is 6.89. The molecule has 19 heavy (non-hydrogen) atoms. The van der Waals surface area contributed by atoms with Crippen molar-refractivity contribution in [3.8, 4) is 0 Å². The Morgan fingerprint density at radius 2 is 1.74 bits per heavy atom. The Morgan fingerprint density at radius 1 is 1.11 bits per heavy atom. The second-order valence-corrected chi connectivity index (χ2v) is 5.41. The third-order valence-corrected chi connectivity index (χ3v) is 4.09. The summed E-state index contributed by atoms with van der Waals surface area (Å²) in [5, 5.41) is 0. The fourth-order valence-corrected chi connectivity index (χ4v) is 2.90. The Hall–Kier alpha value is -1.10. The minimum absolute atomic E-state index is 0.232. The molecule has 1 amide bonds. The Balaban J connectivity index is 1.71. The first-order chi connectivity index (χ1) is 9.20. The van der Waals surface area contributed by atoms with E-state index in [0.29, 0.717) is 37.9 Å². The number of piperazine rings is 1. The summed E-state index contributed by atoms with van der Waals surface area (Å²) in [6, 6.07) is 0. The van der Waals surface area contributed by atoms with Crippen LogP contribution >= 0.6 is 0 Å². The molecule has 0 aromatic heterocycles. The molecule has 0 unspecified atom stereocenters. The average molecular weight is 268 g/mol. The van der Waals surface area contributed by atoms with Crippen LogP contribution in [0.1, 0.15) is 32.6 Å². The van der Waals surface area contributed by atoms with Gasteiger partial charge in [0.05, 0.1) is 13.2 Å². The number of carbonyl (C=O) groups is 2. The van der Waals surface area contributed by atoms with Gasteiger partial charge in [0.1, 0.15) is 5.78 Å². The molecule has 1 saturated carbocycles. The predicted octanol–water partition coefficient (Wildman–Crippen LogP) is 1.52. The topological polar surface area (TPSA) is 49.9 Å². The van der Waals surface area contributed by atoms with Crippen LogP contribution in [0.2, 0.25) is 0 Å². The minimum atomic E-state index is -0.232. The average Bonchev–Trinajstić information content (AvgIpc) is 2.94. The van der Waals surface area contributed by atoms with E-state index in [2.05, 4.69) is 4.90 Å². The molecule has 108 valence electrons. The van der Waals surface area contributed by atoms with Crippen LogP contribution in [-0.4, -0.2) is 61.0 Å². The lowest BCUT2D eigenvalue weighted by molar-refractivity contribution is -0.124. The van der Waals surface area contributed by atoms with Crippen LogP contribution in [0.3, 0.4) is 0 Å². The van der Waals surface area contributed by atoms with Crippen molar-refractivity contribution in [3.05, 3.63) is 0 Å². The van der Waals surface area contributed by atoms with Crippen molar-refractivity contribution in [2.24, 2.45) is 5.92 Å². The quantitative estimate of drug-likeness (QED) is 0.775. The molecule has 0 radical (unpaired) electrons. The van der Waals surface area contributed by atoms with E-state index in [1.807, 2.05) is 6.92 Å². The lowest BCUT2D eigenvalue weighted by atomic mass is 10.0. The number of hydrogen-bond donors (Lipinski definition) is 0. The maximum Gasteiger partial charge on any atom is 0.409 e. The number of amides is 1. The van der Waals surface area contributed by atoms with E-state index in [4.69, 9.17) is 4.74 Å². The third kappa shape index (κ3) is 3.93. The molecular weight excluding hydrogens is 244 g/mol. The number of ketones is 1. The van der Waals surface area contributed by atoms with E-state index in [1.54, 1.807) is 4.90 Å². The highest BCUT2D eigenvalue weighted by Crippen LogP contribution is 2.25. The molecule has 5 heteroatoms. The van der Waals surface area contributed by atoms with E-state index in [1.165, 1.54) is 12.8 Å². The van der Waals surface area contributed by atoms with Crippen LogP contribution in [0.4, 0.5) is 4.79 Å². The fraction of sp³-hybridized carbons (Fsp3) is 0.857. The zero-order valence-corrected chi connectivity index (χ0v) is 11.8. The number of rotatable bonds is 4. The monoisotopic (exact) mass is 268 g/mol. The maximum atomic E-state index is 12.1. The van der Waals surface area contributed by atoms with Gasteiger partial charge in [0.15, 0.2) is 0 Å². The molecule has 2 fully saturated rings. The first kappa shape index (κ1) is 14.3. The molecule has 1 saturated heterocycles. The number of Topliss-reactive ketones (excluding diaryl/α,β-unsaturated/α-hetero) is 1. The van der Waals surface area contributed by atoms with E-state index >= 15 is 0 Å². The summed E-state index contributed by atoms with van der Waals surface area (Å²) >= 11 is 0. The van der Waals surface area contributed by atoms with E-state index in [9.17, 15) is 9.59 Å². The molecule has 2 aliphatic rings. The highest BCUT2D eigenvalue weighted by molar-refractivity contribution is 5.83. The first-order valence-electron chi connectivity index (χ1n) is 7.37. The van der Waals surface area contributed by atoms with Crippen molar-refractivity contribution in [3.63, 3.8) is 0 Å². The van der Waals surface area contributed by atoms with Gasteiger partial charge < -0.3 is 9.64 Å². The molecular formula is C14H24N2O3. The Kier molecular flexibility index (Phi) is 5.19. The number of hydrogen-bond acceptors (Lipinski definition) is 4. The van der Waals surface area contributed by atoms with Crippen molar-refractivity contribution < 1.29 is 14.3 Å². The van der Waals surface area contributed by atoms with E-state index < -0.39 is 0 Å². The van der Waals surface area contributed by atoms with Crippen molar-refractivity contribution in [2.75, 3.05) is 39.3 Å². The Labute approximate surface area is 114 Å². The predicted molar refractivity (Wildman–Crippen MR) is 72.0 cm³/mol. The second-order valence-electron chi connectivity index (χ2n) is 5.41. The van der Waals surface area contributed by atoms with Gasteiger partial charge >= 0.3 is 6.09 Å². The molecule has 0 N–H and O–H groups in total. The van der Waals surface area contributed by atoms with Gasteiger partial charge in [0.25, 0.3) is 0 Å². The summed E-state index contributed by atoms with van der Waals surface area (Å²) in [4.78, 5) is 27.5. The standard InChI is InChI=1S/C14H24N2O3/c1-2-19-14(18)16-9-7-15(8-10-16)11-13(17)12-5-3-4-6-12/h12H,2-11H2,1H3. The zero-order chi connectivity index (χ0) is 13.7. The van der Waals surface area contributed by atoms with Crippen LogP contribution < -0.4 is 0 Å². The molecule has 0 spiro atoms. The van der Waals surface area contributed by atoms with Crippen molar-refractivity contribution in [2.45, 2.75) is 32.6 Å². The van der Waals surface area contributed by atoms with Crippen LogP contribution in [0, 0.1) is 5.92 Å². The molecule has 2 rings (SSSR count). The Morgan fingerprint density at radius 3 is 2.32 bits per heavy atom. The summed E-state index contributed by atoms with van der Waals surface area (Å²) < 4.78 is 4.98. The Bertz CT molecular complexity index is 319. The largest absolute Gasteiger partial charge is 0.450 e. The fourth-order valence-electron chi connectivity index (χ4n) is 2.90. The molecule has 0 atom stereocenters. The lowest BCUT2D eigenvalue weighted by Gasteiger charge is -2.33. The van der Waals surface area contributed by atoms with Crippen LogP contribution in [0.25, 0.3) is 0 Å². The number of carbonyl (C=O) groups excluding carboxylic acids is 2. The maximum absolute atomic E-state index is 12.1. The number of nitrogens with zero attached hydrogens (tertiary/aromatic N) is 2. The molecule has 1 aliphatic carbocycles. The summed E-state index contributed by atoms with van der Waals surface area (Å²) in [6.07, 6.45) is 4.31. The van der Waals surface area contributed by atoms with Crippen molar-refractivity contribution in [1.82, 2.24) is 9.80 Å². The summed E-state index contributed by atoms with van der Waals surface area (Å²) in [5.74, 6) is 0.685. The molecule has 5 nitrogen and oxygen atoms in total. The molecule has 0 aromatic carbocycles. The van der Waals surface area contributed by atoms with Gasteiger partial charge in [0, 0.05) is 32.1 Å². The zero-order valence-electron chi connectivity index (χ0n) is 11.8. The van der Waals surface area contributed by atoms with Gasteiger partial charge in [-0.1, -0.05) is 12.8 Å². The smallest absolute Gasteiger partial charge is 0.409 e. The first-order valence-corrected chi connectivity index (χ1v) is 7.37. The summed E-state index contributed by atoms with van der Waals surface area (Å²) in [5.41, 5.74) is 0. The molecule has 1 aliphatic heterocycles. The highest BCUT2D eigenvalue weighted by atomic mass is 16.6. The normalized spacial score (nSPS) is 21.6. The van der Waals surface area contributed by atoms with Crippen LogP contribution in [0.15, 0.2) is 0 Å². The van der Waals surface area contributed by atoms with E-state index in [0.717, 1.165) is 25.9 Å². The lowest BCUT2D eigenvalue weighted by Crippen LogP contribution is -2.50. The molecule has 0 aromatic rings. The van der Waals surface area contributed by atoms with Crippen LogP contribution in [0.5, 0.6) is 0 Å². The molecule has 1 heterocycles. The summed E-state index contributed by atoms with van der Waals surface area (Å²) in [6.45, 7) is 5.66. The van der Waals surface area contributed by atoms with Crippen molar-refractivity contribution in [1.29, 1.82) is 0 Å². The minimum Gasteiger partial charge on any atom is -0.450 e. The van der Waals surface area contributed by atoms with Gasteiger partial charge in [0.2, 0.25) is 0 Å².